The number of allylic oxidation sites excluding steroid dienone is 1. The fourth-order valence-corrected chi connectivity index (χ4v) is 2.17. The SMILES string of the molecule is C=C(C)C(=O)Cl.C=C(C)C(=O)NCCc1ccc(C)c(O)c1.NCCc1ccc(O)c(O)c1.[Cl-]. The van der Waals surface area contributed by atoms with E-state index in [9.17, 15) is 14.7 Å². The molecule has 34 heavy (non-hydrogen) atoms. The molecule has 0 aromatic heterocycles. The maximum Gasteiger partial charge on any atom is 0.247 e. The number of carbonyl (C=O) groups is 2. The molecule has 0 aliphatic heterocycles. The van der Waals surface area contributed by atoms with Crippen LogP contribution in [0.4, 0.5) is 0 Å². The van der Waals surface area contributed by atoms with Crippen LogP contribution in [-0.4, -0.2) is 39.6 Å². The van der Waals surface area contributed by atoms with Crippen LogP contribution in [0.5, 0.6) is 17.2 Å². The van der Waals surface area contributed by atoms with Gasteiger partial charge in [-0.15, -0.1) is 0 Å². The van der Waals surface area contributed by atoms with Crippen molar-refractivity contribution < 1.29 is 37.3 Å². The van der Waals surface area contributed by atoms with Crippen molar-refractivity contribution in [1.29, 1.82) is 0 Å². The summed E-state index contributed by atoms with van der Waals surface area (Å²) < 4.78 is 0. The molecule has 2 aromatic carbocycles. The molecule has 188 valence electrons. The first-order valence-electron chi connectivity index (χ1n) is 10.2. The number of rotatable bonds is 7. The highest BCUT2D eigenvalue weighted by atomic mass is 35.5. The minimum Gasteiger partial charge on any atom is -1.00 e. The first-order chi connectivity index (χ1) is 15.4. The molecule has 1 amide bonds. The van der Waals surface area contributed by atoms with Crippen LogP contribution in [0.3, 0.4) is 0 Å². The van der Waals surface area contributed by atoms with E-state index in [-0.39, 0.29) is 29.8 Å². The number of phenolic OH excluding ortho intramolecular Hbond substituents is 3. The van der Waals surface area contributed by atoms with E-state index in [0.29, 0.717) is 42.8 Å². The summed E-state index contributed by atoms with van der Waals surface area (Å²) in [5.41, 5.74) is 8.99. The Morgan fingerprint density at radius 3 is 1.85 bits per heavy atom. The van der Waals surface area contributed by atoms with Crippen molar-refractivity contribution in [3.8, 4) is 17.2 Å². The lowest BCUT2D eigenvalue weighted by molar-refractivity contribution is -0.117. The summed E-state index contributed by atoms with van der Waals surface area (Å²) in [6, 6.07) is 10.2. The van der Waals surface area contributed by atoms with Gasteiger partial charge in [0.05, 0.1) is 0 Å². The normalized spacial score (nSPS) is 9.21. The van der Waals surface area contributed by atoms with Gasteiger partial charge in [0.1, 0.15) is 5.75 Å². The summed E-state index contributed by atoms with van der Waals surface area (Å²) in [5, 5.41) is 29.7. The van der Waals surface area contributed by atoms with Crippen LogP contribution in [0, 0.1) is 6.92 Å². The van der Waals surface area contributed by atoms with E-state index >= 15 is 0 Å². The average molecular weight is 512 g/mol. The number of carbonyl (C=O) groups excluding carboxylic acids is 2. The Morgan fingerprint density at radius 1 is 0.912 bits per heavy atom. The van der Waals surface area contributed by atoms with E-state index < -0.39 is 5.24 Å². The number of aromatic hydroxyl groups is 3. The molecule has 0 heterocycles. The fourth-order valence-electron chi connectivity index (χ4n) is 2.17. The summed E-state index contributed by atoms with van der Waals surface area (Å²) in [6.07, 6.45) is 1.42. The maximum atomic E-state index is 11.2. The first-order valence-corrected chi connectivity index (χ1v) is 10.5. The number of halogens is 2. The van der Waals surface area contributed by atoms with Gasteiger partial charge in [-0.3, -0.25) is 9.59 Å². The second-order valence-electron chi connectivity index (χ2n) is 7.32. The third-order valence-corrected chi connectivity index (χ3v) is 4.49. The number of nitrogens with two attached hydrogens (primary N) is 1. The predicted molar refractivity (Wildman–Crippen MR) is 133 cm³/mol. The van der Waals surface area contributed by atoms with Crippen LogP contribution in [0.25, 0.3) is 0 Å². The Kier molecular flexibility index (Phi) is 17.0. The highest BCUT2D eigenvalue weighted by Crippen LogP contribution is 2.24. The van der Waals surface area contributed by atoms with Crippen LogP contribution in [0.2, 0.25) is 0 Å². The van der Waals surface area contributed by atoms with Gasteiger partial charge in [-0.05, 0) is 86.6 Å². The van der Waals surface area contributed by atoms with Crippen molar-refractivity contribution in [3.63, 3.8) is 0 Å². The third-order valence-electron chi connectivity index (χ3n) is 4.17. The van der Waals surface area contributed by atoms with Gasteiger partial charge >= 0.3 is 0 Å². The van der Waals surface area contributed by atoms with E-state index in [1.807, 2.05) is 19.1 Å². The van der Waals surface area contributed by atoms with Crippen LogP contribution in [-0.2, 0) is 22.4 Å². The standard InChI is InChI=1S/C13H17NO2.C8H11NO2.C4H5ClO.ClH/c1-9(2)13(16)14-7-6-11-5-4-10(3)12(15)8-11;9-4-3-6-1-2-7(10)8(11)5-6;1-3(2)4(5)6;/h4-5,8,15H,1,6-7H2,2-3H3,(H,14,16);1-2,5,10-11H,3-4,9H2;1H2,2H3;1H/p-1. The van der Waals surface area contributed by atoms with Crippen molar-refractivity contribution in [2.75, 3.05) is 13.1 Å². The van der Waals surface area contributed by atoms with Gasteiger partial charge in [-0.1, -0.05) is 31.4 Å². The quantitative estimate of drug-likeness (QED) is 0.213. The molecule has 0 atom stereocenters. The lowest BCUT2D eigenvalue weighted by Crippen LogP contribution is -3.00. The summed E-state index contributed by atoms with van der Waals surface area (Å²) in [5.74, 6) is -0.0122. The maximum absolute atomic E-state index is 11.2. The van der Waals surface area contributed by atoms with Gasteiger partial charge in [-0.25, -0.2) is 0 Å². The monoisotopic (exact) mass is 511 g/mol. The number of amides is 1. The Hall–Kier alpha value is -3.00. The van der Waals surface area contributed by atoms with Crippen molar-refractivity contribution >= 4 is 22.8 Å². The van der Waals surface area contributed by atoms with Gasteiger partial charge in [0.2, 0.25) is 11.1 Å². The second kappa shape index (κ2) is 17.5. The number of nitrogens with one attached hydrogen (secondary N) is 1. The summed E-state index contributed by atoms with van der Waals surface area (Å²) in [6.45, 7) is 13.0. The fraction of sp³-hybridized carbons (Fsp3) is 0.280. The van der Waals surface area contributed by atoms with E-state index in [1.165, 1.54) is 12.1 Å². The van der Waals surface area contributed by atoms with Crippen molar-refractivity contribution in [2.24, 2.45) is 5.73 Å². The Labute approximate surface area is 212 Å². The number of hydrogen-bond donors (Lipinski definition) is 5. The second-order valence-corrected chi connectivity index (χ2v) is 7.67. The molecule has 0 aliphatic rings. The van der Waals surface area contributed by atoms with Gasteiger partial charge in [0.25, 0.3) is 0 Å². The van der Waals surface area contributed by atoms with Crippen molar-refractivity contribution in [3.05, 3.63) is 77.4 Å². The minimum atomic E-state index is -0.463. The van der Waals surface area contributed by atoms with Crippen LogP contribution in [0.1, 0.15) is 30.5 Å². The zero-order valence-electron chi connectivity index (χ0n) is 19.7. The Balaban J connectivity index is 0. The number of phenols is 3. The predicted octanol–water partition coefficient (Wildman–Crippen LogP) is 0.866. The van der Waals surface area contributed by atoms with Gasteiger partial charge in [-0.2, -0.15) is 0 Å². The lowest BCUT2D eigenvalue weighted by Gasteiger charge is -2.06. The summed E-state index contributed by atoms with van der Waals surface area (Å²) >= 11 is 4.87. The molecule has 7 nitrogen and oxygen atoms in total. The van der Waals surface area contributed by atoms with Gasteiger partial charge in [0, 0.05) is 17.7 Å². The first kappa shape index (κ1) is 33.2. The van der Waals surface area contributed by atoms with Crippen molar-refractivity contribution in [1.82, 2.24) is 5.32 Å². The van der Waals surface area contributed by atoms with E-state index in [1.54, 1.807) is 26.0 Å². The molecule has 0 spiro atoms. The van der Waals surface area contributed by atoms with Gasteiger partial charge in [0.15, 0.2) is 11.5 Å². The van der Waals surface area contributed by atoms with E-state index in [4.69, 9.17) is 27.5 Å². The molecule has 0 saturated carbocycles. The molecule has 0 fully saturated rings. The zero-order chi connectivity index (χ0) is 25.6. The van der Waals surface area contributed by atoms with Crippen LogP contribution >= 0.6 is 11.6 Å². The van der Waals surface area contributed by atoms with Crippen LogP contribution in [0.15, 0.2) is 60.7 Å². The minimum absolute atomic E-state index is 0. The molecule has 2 rings (SSSR count). The summed E-state index contributed by atoms with van der Waals surface area (Å²) in [7, 11) is 0. The molecule has 6 N–H and O–H groups in total. The molecule has 0 radical (unpaired) electrons. The number of hydrogen-bond acceptors (Lipinski definition) is 6. The molecular formula is C25H33Cl2N2O5-. The molecule has 0 unspecified atom stereocenters. The van der Waals surface area contributed by atoms with Crippen molar-refractivity contribution in [2.45, 2.75) is 33.6 Å². The van der Waals surface area contributed by atoms with E-state index in [0.717, 1.165) is 16.7 Å². The molecule has 0 saturated heterocycles. The largest absolute Gasteiger partial charge is 1.00 e. The molecule has 0 bridgehead atoms. The summed E-state index contributed by atoms with van der Waals surface area (Å²) in [4.78, 5) is 21.0. The molecule has 0 aliphatic carbocycles. The smallest absolute Gasteiger partial charge is 0.247 e. The van der Waals surface area contributed by atoms with E-state index in [2.05, 4.69) is 18.5 Å². The highest BCUT2D eigenvalue weighted by Gasteiger charge is 2.02. The Morgan fingerprint density at radius 2 is 1.41 bits per heavy atom. The topological polar surface area (TPSA) is 133 Å². The lowest BCUT2D eigenvalue weighted by atomic mass is 10.1. The molecule has 9 heteroatoms. The Bertz CT molecular complexity index is 966. The zero-order valence-corrected chi connectivity index (χ0v) is 21.2. The average Bonchev–Trinajstić information content (AvgIpc) is 2.74. The van der Waals surface area contributed by atoms with Gasteiger partial charge < -0.3 is 38.8 Å². The van der Waals surface area contributed by atoms with Crippen LogP contribution < -0.4 is 23.5 Å². The highest BCUT2D eigenvalue weighted by molar-refractivity contribution is 6.67. The molecular weight excluding hydrogens is 479 g/mol. The number of benzene rings is 2. The molecule has 2 aromatic rings. The third kappa shape index (κ3) is 14.2. The number of aryl methyl sites for hydroxylation is 1.